The van der Waals surface area contributed by atoms with Crippen LogP contribution in [-0.4, -0.2) is 17.6 Å². The smallest absolute Gasteiger partial charge is 0.408 e. The zero-order chi connectivity index (χ0) is 17.8. The summed E-state index contributed by atoms with van der Waals surface area (Å²) in [5.41, 5.74) is 4.14. The van der Waals surface area contributed by atoms with Crippen molar-refractivity contribution in [3.05, 3.63) is 70.2 Å². The molecule has 4 heteroatoms. The number of H-pyrrole nitrogens is 1. The Balaban J connectivity index is 1.20. The highest BCUT2D eigenvalue weighted by molar-refractivity contribution is 5.72. The van der Waals surface area contributed by atoms with Gasteiger partial charge < -0.3 is 9.73 Å². The van der Waals surface area contributed by atoms with Gasteiger partial charge in [-0.3, -0.25) is 4.98 Å². The molecule has 0 aliphatic heterocycles. The molecule has 1 saturated carbocycles. The number of hydrogen-bond donors (Lipinski definition) is 2. The van der Waals surface area contributed by atoms with Gasteiger partial charge in [-0.1, -0.05) is 36.4 Å². The lowest BCUT2D eigenvalue weighted by molar-refractivity contribution is 0.342. The Morgan fingerprint density at radius 2 is 1.85 bits per heavy atom. The Kier molecular flexibility index (Phi) is 5.21. The van der Waals surface area contributed by atoms with E-state index in [4.69, 9.17) is 4.42 Å². The molecule has 0 bridgehead atoms. The van der Waals surface area contributed by atoms with Gasteiger partial charge in [0.05, 0.1) is 5.52 Å². The molecule has 136 valence electrons. The lowest BCUT2D eigenvalue weighted by Gasteiger charge is -2.29. The molecule has 4 nitrogen and oxygen atoms in total. The lowest BCUT2D eigenvalue weighted by Crippen LogP contribution is -2.33. The van der Waals surface area contributed by atoms with E-state index in [1.807, 2.05) is 12.1 Å². The van der Waals surface area contributed by atoms with Gasteiger partial charge in [0.15, 0.2) is 5.58 Å². The molecule has 2 N–H and O–H groups in total. The average molecular weight is 350 g/mol. The van der Waals surface area contributed by atoms with Crippen LogP contribution in [0.15, 0.2) is 57.7 Å². The molecule has 0 unspecified atom stereocenters. The van der Waals surface area contributed by atoms with E-state index >= 15 is 0 Å². The third kappa shape index (κ3) is 4.07. The second-order valence-corrected chi connectivity index (χ2v) is 7.36. The molecule has 4 rings (SSSR count). The van der Waals surface area contributed by atoms with E-state index in [2.05, 4.69) is 46.7 Å². The summed E-state index contributed by atoms with van der Waals surface area (Å²) in [5.74, 6) is 0.349. The van der Waals surface area contributed by atoms with Crippen molar-refractivity contribution in [1.29, 1.82) is 0 Å². The standard InChI is InChI=1S/C22H26N2O2/c25-22-24-20-13-8-16(15-21(20)26-22)5-4-14-23-19-11-9-18(10-12-19)17-6-2-1-3-7-17/h1-3,6-8,13,15,18-19,23H,4-5,9-12,14H2,(H,24,25). The van der Waals surface area contributed by atoms with Gasteiger partial charge in [0, 0.05) is 6.04 Å². The van der Waals surface area contributed by atoms with Crippen LogP contribution in [0.5, 0.6) is 0 Å². The maximum absolute atomic E-state index is 11.2. The van der Waals surface area contributed by atoms with Crippen molar-refractivity contribution in [1.82, 2.24) is 10.3 Å². The molecule has 2 aromatic carbocycles. The zero-order valence-electron chi connectivity index (χ0n) is 15.0. The Morgan fingerprint density at radius 1 is 1.04 bits per heavy atom. The number of nitrogens with one attached hydrogen (secondary N) is 2. The molecule has 0 atom stereocenters. The minimum atomic E-state index is -0.384. The first-order valence-electron chi connectivity index (χ1n) is 9.68. The maximum atomic E-state index is 11.2. The Labute approximate surface area is 153 Å². The zero-order valence-corrected chi connectivity index (χ0v) is 15.0. The van der Waals surface area contributed by atoms with Gasteiger partial charge in [-0.05, 0) is 74.2 Å². The van der Waals surface area contributed by atoms with E-state index in [1.165, 1.54) is 36.8 Å². The first-order chi connectivity index (χ1) is 12.8. The average Bonchev–Trinajstić information content (AvgIpc) is 3.06. The van der Waals surface area contributed by atoms with E-state index in [0.717, 1.165) is 30.8 Å². The third-order valence-corrected chi connectivity index (χ3v) is 5.56. The summed E-state index contributed by atoms with van der Waals surface area (Å²) in [4.78, 5) is 13.9. The normalized spacial score (nSPS) is 20.5. The predicted molar refractivity (Wildman–Crippen MR) is 105 cm³/mol. The summed E-state index contributed by atoms with van der Waals surface area (Å²) in [5, 5.41) is 3.73. The summed E-state index contributed by atoms with van der Waals surface area (Å²) < 4.78 is 5.13. The number of aryl methyl sites for hydroxylation is 1. The largest absolute Gasteiger partial charge is 0.417 e. The molecule has 3 aromatic rings. The second kappa shape index (κ2) is 7.92. The SMILES string of the molecule is O=c1[nH]c2ccc(CCCNC3CCC(c4ccccc4)CC3)cc2o1. The van der Waals surface area contributed by atoms with E-state index in [0.29, 0.717) is 11.6 Å². The van der Waals surface area contributed by atoms with Crippen molar-refractivity contribution in [2.75, 3.05) is 6.54 Å². The maximum Gasteiger partial charge on any atom is 0.417 e. The summed E-state index contributed by atoms with van der Waals surface area (Å²) in [6.07, 6.45) is 7.19. The van der Waals surface area contributed by atoms with Crippen molar-refractivity contribution in [3.8, 4) is 0 Å². The number of hydrogen-bond acceptors (Lipinski definition) is 3. The minimum Gasteiger partial charge on any atom is -0.408 e. The van der Waals surface area contributed by atoms with Crippen LogP contribution in [0.4, 0.5) is 0 Å². The summed E-state index contributed by atoms with van der Waals surface area (Å²) in [6.45, 7) is 1.04. The highest BCUT2D eigenvalue weighted by Gasteiger charge is 2.21. The highest BCUT2D eigenvalue weighted by atomic mass is 16.4. The lowest BCUT2D eigenvalue weighted by atomic mass is 9.82. The van der Waals surface area contributed by atoms with Crippen LogP contribution in [0.1, 0.15) is 49.1 Å². The third-order valence-electron chi connectivity index (χ3n) is 5.56. The molecule has 1 fully saturated rings. The van der Waals surface area contributed by atoms with Crippen LogP contribution < -0.4 is 11.1 Å². The fourth-order valence-corrected chi connectivity index (χ4v) is 4.10. The second-order valence-electron chi connectivity index (χ2n) is 7.36. The van der Waals surface area contributed by atoms with Crippen LogP contribution >= 0.6 is 0 Å². The van der Waals surface area contributed by atoms with E-state index in [9.17, 15) is 4.79 Å². The Morgan fingerprint density at radius 3 is 2.65 bits per heavy atom. The molecule has 1 aromatic heterocycles. The van der Waals surface area contributed by atoms with Gasteiger partial charge in [0.25, 0.3) is 0 Å². The van der Waals surface area contributed by atoms with Gasteiger partial charge in [0.2, 0.25) is 0 Å². The fourth-order valence-electron chi connectivity index (χ4n) is 4.10. The highest BCUT2D eigenvalue weighted by Crippen LogP contribution is 2.32. The first kappa shape index (κ1) is 17.1. The number of benzene rings is 2. The molecule has 0 spiro atoms. The fraction of sp³-hybridized carbons (Fsp3) is 0.409. The van der Waals surface area contributed by atoms with Crippen LogP contribution in [-0.2, 0) is 6.42 Å². The van der Waals surface area contributed by atoms with Crippen LogP contribution in [0.2, 0.25) is 0 Å². The Bertz CT molecular complexity index is 889. The summed E-state index contributed by atoms with van der Waals surface area (Å²) in [6, 6.07) is 17.5. The van der Waals surface area contributed by atoms with Crippen molar-refractivity contribution < 1.29 is 4.42 Å². The molecular formula is C22H26N2O2. The first-order valence-corrected chi connectivity index (χ1v) is 9.68. The van der Waals surface area contributed by atoms with Crippen molar-refractivity contribution in [2.24, 2.45) is 0 Å². The van der Waals surface area contributed by atoms with E-state index in [-0.39, 0.29) is 5.76 Å². The summed E-state index contributed by atoms with van der Waals surface area (Å²) >= 11 is 0. The van der Waals surface area contributed by atoms with Crippen LogP contribution in [0.25, 0.3) is 11.1 Å². The number of rotatable bonds is 6. The van der Waals surface area contributed by atoms with E-state index < -0.39 is 0 Å². The molecular weight excluding hydrogens is 324 g/mol. The molecule has 1 aliphatic rings. The van der Waals surface area contributed by atoms with Gasteiger partial charge in [-0.2, -0.15) is 0 Å². The number of aromatic amines is 1. The Hall–Kier alpha value is -2.33. The predicted octanol–water partition coefficient (Wildman–Crippen LogP) is 4.37. The van der Waals surface area contributed by atoms with Gasteiger partial charge in [-0.25, -0.2) is 4.79 Å². The minimum absolute atomic E-state index is 0.384. The molecule has 26 heavy (non-hydrogen) atoms. The number of oxazole rings is 1. The van der Waals surface area contributed by atoms with Gasteiger partial charge in [0.1, 0.15) is 0 Å². The van der Waals surface area contributed by atoms with Crippen LogP contribution in [0, 0.1) is 0 Å². The number of aromatic nitrogens is 1. The molecule has 0 saturated heterocycles. The van der Waals surface area contributed by atoms with Gasteiger partial charge in [-0.15, -0.1) is 0 Å². The van der Waals surface area contributed by atoms with Crippen molar-refractivity contribution in [3.63, 3.8) is 0 Å². The van der Waals surface area contributed by atoms with Crippen molar-refractivity contribution >= 4 is 11.1 Å². The van der Waals surface area contributed by atoms with Crippen LogP contribution in [0.3, 0.4) is 0 Å². The monoisotopic (exact) mass is 350 g/mol. The molecule has 1 aliphatic carbocycles. The molecule has 0 amide bonds. The summed E-state index contributed by atoms with van der Waals surface area (Å²) in [7, 11) is 0. The topological polar surface area (TPSA) is 58.0 Å². The molecule has 0 radical (unpaired) electrons. The quantitative estimate of drug-likeness (QED) is 0.649. The van der Waals surface area contributed by atoms with Crippen molar-refractivity contribution in [2.45, 2.75) is 50.5 Å². The van der Waals surface area contributed by atoms with Gasteiger partial charge >= 0.3 is 5.76 Å². The van der Waals surface area contributed by atoms with E-state index in [1.54, 1.807) is 0 Å². The number of fused-ring (bicyclic) bond motifs is 1. The molecule has 1 heterocycles.